The van der Waals surface area contributed by atoms with Crippen molar-refractivity contribution in [2.75, 3.05) is 6.54 Å². The number of nitrogens with two attached hydrogens (primary N) is 1. The normalized spacial score (nSPS) is 8.83. The molecule has 0 unspecified atom stereocenters. The summed E-state index contributed by atoms with van der Waals surface area (Å²) in [5, 5.41) is 0.446. The van der Waals surface area contributed by atoms with Crippen molar-refractivity contribution in [1.29, 1.82) is 0 Å². The molecule has 0 aliphatic heterocycles. The quantitative estimate of drug-likeness (QED) is 0.525. The van der Waals surface area contributed by atoms with E-state index in [9.17, 15) is 0 Å². The van der Waals surface area contributed by atoms with Crippen LogP contribution in [0.2, 0.25) is 5.15 Å². The lowest BCUT2D eigenvalue weighted by atomic mass is 10.3. The molecule has 0 saturated heterocycles. The Morgan fingerprint density at radius 3 is 3.08 bits per heavy atom. The third-order valence-corrected chi connectivity index (χ3v) is 1.55. The first-order valence-electron chi connectivity index (χ1n) is 3.64. The fourth-order valence-corrected chi connectivity index (χ4v) is 0.876. The standard InChI is InChI=1S/C9H9ClN2/c10-9-8(4-1-2-6-11)5-3-7-12-9/h3,5,7H,2,6,11H2. The van der Waals surface area contributed by atoms with E-state index >= 15 is 0 Å². The first-order valence-corrected chi connectivity index (χ1v) is 4.02. The summed E-state index contributed by atoms with van der Waals surface area (Å²) in [5.74, 6) is 5.78. The smallest absolute Gasteiger partial charge is 0.144 e. The predicted octanol–water partition coefficient (Wildman–Crippen LogP) is 1.44. The van der Waals surface area contributed by atoms with Gasteiger partial charge in [0.15, 0.2) is 0 Å². The van der Waals surface area contributed by atoms with Crippen molar-refractivity contribution in [3.05, 3.63) is 29.0 Å². The van der Waals surface area contributed by atoms with Crippen LogP contribution in [0.5, 0.6) is 0 Å². The largest absolute Gasteiger partial charge is 0.330 e. The van der Waals surface area contributed by atoms with E-state index in [1.54, 1.807) is 12.3 Å². The molecule has 0 atom stereocenters. The van der Waals surface area contributed by atoms with Gasteiger partial charge >= 0.3 is 0 Å². The van der Waals surface area contributed by atoms with Crippen molar-refractivity contribution in [2.45, 2.75) is 6.42 Å². The zero-order valence-corrected chi connectivity index (χ0v) is 7.30. The van der Waals surface area contributed by atoms with Crippen molar-refractivity contribution in [2.24, 2.45) is 5.73 Å². The molecule has 62 valence electrons. The molecule has 0 bridgehead atoms. The van der Waals surface area contributed by atoms with E-state index in [0.717, 1.165) is 5.56 Å². The van der Waals surface area contributed by atoms with Gasteiger partial charge in [0.2, 0.25) is 0 Å². The molecule has 1 heterocycles. The van der Waals surface area contributed by atoms with Gasteiger partial charge in [0.25, 0.3) is 0 Å². The van der Waals surface area contributed by atoms with Crippen molar-refractivity contribution < 1.29 is 0 Å². The van der Waals surface area contributed by atoms with Gasteiger partial charge in [0.1, 0.15) is 5.15 Å². The minimum absolute atomic E-state index is 0.446. The molecule has 0 aliphatic rings. The molecule has 0 fully saturated rings. The van der Waals surface area contributed by atoms with Crippen molar-refractivity contribution in [3.8, 4) is 11.8 Å². The lowest BCUT2D eigenvalue weighted by molar-refractivity contribution is 1.03. The summed E-state index contributed by atoms with van der Waals surface area (Å²) in [6, 6.07) is 3.64. The van der Waals surface area contributed by atoms with Gasteiger partial charge in [0.05, 0.1) is 5.56 Å². The molecular formula is C9H9ClN2. The Labute approximate surface area is 76.8 Å². The monoisotopic (exact) mass is 180 g/mol. The predicted molar refractivity (Wildman–Crippen MR) is 49.8 cm³/mol. The fraction of sp³-hybridized carbons (Fsp3) is 0.222. The average molecular weight is 181 g/mol. The van der Waals surface area contributed by atoms with E-state index in [4.69, 9.17) is 17.3 Å². The Bertz CT molecular complexity index is 312. The number of hydrogen-bond acceptors (Lipinski definition) is 2. The van der Waals surface area contributed by atoms with Gasteiger partial charge in [-0.25, -0.2) is 4.98 Å². The minimum atomic E-state index is 0.446. The molecular weight excluding hydrogens is 172 g/mol. The Kier molecular flexibility index (Phi) is 3.59. The van der Waals surface area contributed by atoms with E-state index in [-0.39, 0.29) is 0 Å². The van der Waals surface area contributed by atoms with Crippen LogP contribution in [0.1, 0.15) is 12.0 Å². The Hall–Kier alpha value is -1.04. The summed E-state index contributed by atoms with van der Waals surface area (Å²) in [6.07, 6.45) is 2.32. The maximum atomic E-state index is 5.76. The van der Waals surface area contributed by atoms with Crippen molar-refractivity contribution in [1.82, 2.24) is 4.98 Å². The van der Waals surface area contributed by atoms with E-state index in [1.165, 1.54) is 0 Å². The lowest BCUT2D eigenvalue weighted by Crippen LogP contribution is -1.95. The second-order valence-electron chi connectivity index (χ2n) is 2.18. The topological polar surface area (TPSA) is 38.9 Å². The maximum Gasteiger partial charge on any atom is 0.144 e. The van der Waals surface area contributed by atoms with Crippen LogP contribution >= 0.6 is 11.6 Å². The second kappa shape index (κ2) is 4.76. The van der Waals surface area contributed by atoms with Crippen LogP contribution in [-0.4, -0.2) is 11.5 Å². The molecule has 0 saturated carbocycles. The first kappa shape index (κ1) is 9.05. The highest BCUT2D eigenvalue weighted by Gasteiger charge is 1.93. The molecule has 1 rings (SSSR count). The molecule has 3 heteroatoms. The van der Waals surface area contributed by atoms with Crippen LogP contribution in [0, 0.1) is 11.8 Å². The molecule has 2 nitrogen and oxygen atoms in total. The zero-order valence-electron chi connectivity index (χ0n) is 6.55. The number of rotatable bonds is 1. The molecule has 0 amide bonds. The van der Waals surface area contributed by atoms with Crippen LogP contribution in [-0.2, 0) is 0 Å². The highest BCUT2D eigenvalue weighted by Crippen LogP contribution is 2.08. The van der Waals surface area contributed by atoms with E-state index in [2.05, 4.69) is 16.8 Å². The van der Waals surface area contributed by atoms with E-state index < -0.39 is 0 Å². The van der Waals surface area contributed by atoms with E-state index in [0.29, 0.717) is 18.1 Å². The SMILES string of the molecule is NCCC#Cc1cccnc1Cl. The average Bonchev–Trinajstić information content (AvgIpc) is 2.09. The van der Waals surface area contributed by atoms with Gasteiger partial charge in [-0.2, -0.15) is 0 Å². The van der Waals surface area contributed by atoms with Crippen LogP contribution in [0.25, 0.3) is 0 Å². The minimum Gasteiger partial charge on any atom is -0.330 e. The fourth-order valence-electron chi connectivity index (χ4n) is 0.709. The molecule has 0 aromatic carbocycles. The molecule has 12 heavy (non-hydrogen) atoms. The molecule has 0 spiro atoms. The Morgan fingerprint density at radius 1 is 1.58 bits per heavy atom. The molecule has 0 radical (unpaired) electrons. The van der Waals surface area contributed by atoms with Crippen molar-refractivity contribution >= 4 is 11.6 Å². The van der Waals surface area contributed by atoms with E-state index in [1.807, 2.05) is 6.07 Å². The molecule has 1 aromatic rings. The van der Waals surface area contributed by atoms with Crippen molar-refractivity contribution in [3.63, 3.8) is 0 Å². The molecule has 2 N–H and O–H groups in total. The molecule has 1 aromatic heterocycles. The van der Waals surface area contributed by atoms with Crippen LogP contribution in [0.3, 0.4) is 0 Å². The molecule has 0 aliphatic carbocycles. The number of pyridine rings is 1. The van der Waals surface area contributed by atoms with Crippen LogP contribution in [0.4, 0.5) is 0 Å². The van der Waals surface area contributed by atoms with Gasteiger partial charge in [-0.3, -0.25) is 0 Å². The summed E-state index contributed by atoms with van der Waals surface area (Å²) in [5.41, 5.74) is 6.04. The highest BCUT2D eigenvalue weighted by atomic mass is 35.5. The highest BCUT2D eigenvalue weighted by molar-refractivity contribution is 6.30. The van der Waals surface area contributed by atoms with Gasteiger partial charge in [-0.05, 0) is 12.1 Å². The second-order valence-corrected chi connectivity index (χ2v) is 2.54. The third-order valence-electron chi connectivity index (χ3n) is 1.25. The first-order chi connectivity index (χ1) is 5.84. The summed E-state index contributed by atoms with van der Waals surface area (Å²) in [4.78, 5) is 3.89. The number of halogens is 1. The van der Waals surface area contributed by atoms with Gasteiger partial charge in [0, 0.05) is 19.2 Å². The number of hydrogen-bond donors (Lipinski definition) is 1. The Balaban J connectivity index is 2.77. The summed E-state index contributed by atoms with van der Waals surface area (Å²) >= 11 is 5.76. The number of nitrogens with zero attached hydrogens (tertiary/aromatic N) is 1. The summed E-state index contributed by atoms with van der Waals surface area (Å²) in [6.45, 7) is 0.574. The van der Waals surface area contributed by atoms with Crippen LogP contribution < -0.4 is 5.73 Å². The number of aromatic nitrogens is 1. The zero-order chi connectivity index (χ0) is 8.81. The van der Waals surface area contributed by atoms with Gasteiger partial charge < -0.3 is 5.73 Å². The third kappa shape index (κ3) is 2.54. The summed E-state index contributed by atoms with van der Waals surface area (Å²) in [7, 11) is 0. The van der Waals surface area contributed by atoms with Crippen LogP contribution in [0.15, 0.2) is 18.3 Å². The lowest BCUT2D eigenvalue weighted by Gasteiger charge is -1.91. The van der Waals surface area contributed by atoms with Gasteiger partial charge in [-0.1, -0.05) is 23.4 Å². The summed E-state index contributed by atoms with van der Waals surface area (Å²) < 4.78 is 0. The maximum absolute atomic E-state index is 5.76. The Morgan fingerprint density at radius 2 is 2.42 bits per heavy atom. The van der Waals surface area contributed by atoms with Gasteiger partial charge in [-0.15, -0.1) is 0 Å².